The Morgan fingerprint density at radius 3 is 2.69 bits per heavy atom. The first-order chi connectivity index (χ1) is 17.4. The normalized spacial score (nSPS) is 16.2. The Morgan fingerprint density at radius 2 is 1.97 bits per heavy atom. The minimum absolute atomic E-state index is 0.0177. The zero-order valence-electron chi connectivity index (χ0n) is 20.3. The van der Waals surface area contributed by atoms with Crippen LogP contribution in [0.3, 0.4) is 0 Å². The number of nitrogens with one attached hydrogen (secondary N) is 2. The van der Waals surface area contributed by atoms with E-state index in [2.05, 4.69) is 35.5 Å². The number of imidazole rings is 1. The number of aliphatic hydroxyl groups is 1. The molecule has 1 saturated heterocycles. The van der Waals surface area contributed by atoms with Gasteiger partial charge < -0.3 is 25.2 Å². The number of hydrogen-bond acceptors (Lipinski definition) is 8. The summed E-state index contributed by atoms with van der Waals surface area (Å²) in [5.41, 5.74) is 1.99. The van der Waals surface area contributed by atoms with Crippen LogP contribution in [0.2, 0.25) is 0 Å². The topological polar surface area (TPSA) is 104 Å². The maximum atomic E-state index is 14.9. The van der Waals surface area contributed by atoms with Crippen LogP contribution in [0.5, 0.6) is 0 Å². The number of aryl methyl sites for hydroxylation is 1. The largest absolute Gasteiger partial charge is 0.394 e. The van der Waals surface area contributed by atoms with Gasteiger partial charge in [-0.3, -0.25) is 0 Å². The summed E-state index contributed by atoms with van der Waals surface area (Å²) in [7, 11) is 0. The van der Waals surface area contributed by atoms with Gasteiger partial charge in [-0.05, 0) is 45.0 Å². The highest BCUT2D eigenvalue weighted by molar-refractivity contribution is 5.83. The van der Waals surface area contributed by atoms with Gasteiger partial charge in [-0.2, -0.15) is 0 Å². The molecule has 9 nitrogen and oxygen atoms in total. The molecule has 4 aromatic rings. The van der Waals surface area contributed by atoms with Gasteiger partial charge in [0.05, 0.1) is 36.2 Å². The van der Waals surface area contributed by atoms with Crippen molar-refractivity contribution in [3.05, 3.63) is 54.1 Å². The molecule has 1 atom stereocenters. The number of aromatic nitrogens is 5. The minimum atomic E-state index is -0.663. The molecular formula is C25H28F2N8O. The van der Waals surface area contributed by atoms with Crippen molar-refractivity contribution in [2.45, 2.75) is 32.9 Å². The maximum Gasteiger partial charge on any atom is 0.229 e. The summed E-state index contributed by atoms with van der Waals surface area (Å²) in [5, 5.41) is 15.9. The summed E-state index contributed by atoms with van der Waals surface area (Å²) in [6, 6.07) is 6.65. The first kappa shape index (κ1) is 24.0. The van der Waals surface area contributed by atoms with Gasteiger partial charge in [0.15, 0.2) is 11.6 Å². The summed E-state index contributed by atoms with van der Waals surface area (Å²) in [5.74, 6) is 0.0908. The lowest BCUT2D eigenvalue weighted by Gasteiger charge is -2.36. The number of aliphatic hydroxyl groups excluding tert-OH is 1. The summed E-state index contributed by atoms with van der Waals surface area (Å²) in [6.45, 7) is 8.12. The lowest BCUT2D eigenvalue weighted by Crippen LogP contribution is -2.53. The van der Waals surface area contributed by atoms with Crippen LogP contribution in [0.25, 0.3) is 22.3 Å². The van der Waals surface area contributed by atoms with Gasteiger partial charge in [0.2, 0.25) is 5.95 Å². The zero-order chi connectivity index (χ0) is 25.4. The van der Waals surface area contributed by atoms with Gasteiger partial charge in [-0.15, -0.1) is 0 Å². The smallest absolute Gasteiger partial charge is 0.229 e. The van der Waals surface area contributed by atoms with E-state index < -0.39 is 11.6 Å². The fraction of sp³-hybridized carbons (Fsp3) is 0.360. The van der Waals surface area contributed by atoms with Gasteiger partial charge in [-0.1, -0.05) is 0 Å². The standard InChI is InChI=1S/C25H28F2N8O/c1-14(2)35-15(3)31-24-19(26)8-16(9-21(24)35)23-20(27)12-30-25(33-23)32-22-5-4-17(11-29-22)34-7-6-28-10-18(34)13-36/h4-5,8-9,11-12,14,18,28,36H,6-7,10,13H2,1-3H3,(H,29,30,32,33)/t18-/m1/s1. The summed E-state index contributed by atoms with van der Waals surface area (Å²) < 4.78 is 31.6. The Hall–Kier alpha value is -3.70. The monoisotopic (exact) mass is 494 g/mol. The van der Waals surface area contributed by atoms with Crippen molar-refractivity contribution in [3.8, 4) is 11.3 Å². The van der Waals surface area contributed by atoms with E-state index in [9.17, 15) is 13.9 Å². The molecule has 1 aliphatic rings. The first-order valence-electron chi connectivity index (χ1n) is 11.9. The summed E-state index contributed by atoms with van der Waals surface area (Å²) in [4.78, 5) is 19.2. The molecule has 36 heavy (non-hydrogen) atoms. The molecule has 0 bridgehead atoms. The van der Waals surface area contributed by atoms with E-state index in [1.807, 2.05) is 31.4 Å². The third kappa shape index (κ3) is 4.47. The maximum absolute atomic E-state index is 14.9. The van der Waals surface area contributed by atoms with Crippen molar-refractivity contribution >= 4 is 28.5 Å². The lowest BCUT2D eigenvalue weighted by atomic mass is 10.1. The molecule has 11 heteroatoms. The Bertz CT molecular complexity index is 1390. The number of piperazine rings is 1. The van der Waals surface area contributed by atoms with Crippen molar-refractivity contribution in [1.29, 1.82) is 0 Å². The molecule has 0 aliphatic carbocycles. The SMILES string of the molecule is Cc1nc2c(F)cc(-c3nc(Nc4ccc(N5CCNC[C@@H]5CO)cn4)ncc3F)cc2n1C(C)C. The highest BCUT2D eigenvalue weighted by atomic mass is 19.1. The number of pyridine rings is 1. The minimum Gasteiger partial charge on any atom is -0.394 e. The van der Waals surface area contributed by atoms with Gasteiger partial charge in [0, 0.05) is 31.2 Å². The quantitative estimate of drug-likeness (QED) is 0.374. The van der Waals surface area contributed by atoms with E-state index in [0.29, 0.717) is 29.3 Å². The van der Waals surface area contributed by atoms with Crippen LogP contribution in [0, 0.1) is 18.6 Å². The molecule has 3 N–H and O–H groups in total. The van der Waals surface area contributed by atoms with Crippen LogP contribution >= 0.6 is 0 Å². The molecule has 0 radical (unpaired) electrons. The van der Waals surface area contributed by atoms with Crippen LogP contribution in [-0.2, 0) is 0 Å². The molecule has 5 rings (SSSR count). The van der Waals surface area contributed by atoms with Crippen molar-refractivity contribution in [1.82, 2.24) is 29.8 Å². The number of hydrogen-bond donors (Lipinski definition) is 3. The van der Waals surface area contributed by atoms with E-state index in [1.54, 1.807) is 18.3 Å². The number of anilines is 3. The van der Waals surface area contributed by atoms with E-state index in [0.717, 1.165) is 25.0 Å². The molecule has 0 amide bonds. The fourth-order valence-electron chi connectivity index (χ4n) is 4.70. The van der Waals surface area contributed by atoms with Crippen LogP contribution < -0.4 is 15.5 Å². The van der Waals surface area contributed by atoms with E-state index in [-0.39, 0.29) is 35.8 Å². The number of fused-ring (bicyclic) bond motifs is 1. The molecular weight excluding hydrogens is 466 g/mol. The van der Waals surface area contributed by atoms with Gasteiger partial charge >= 0.3 is 0 Å². The average Bonchev–Trinajstić information content (AvgIpc) is 3.22. The number of rotatable bonds is 6. The molecule has 4 heterocycles. The molecule has 0 unspecified atom stereocenters. The Morgan fingerprint density at radius 1 is 1.14 bits per heavy atom. The molecule has 0 saturated carbocycles. The predicted molar refractivity (Wildman–Crippen MR) is 134 cm³/mol. The van der Waals surface area contributed by atoms with Gasteiger partial charge in [0.25, 0.3) is 0 Å². The van der Waals surface area contributed by atoms with E-state index in [1.165, 1.54) is 6.07 Å². The van der Waals surface area contributed by atoms with E-state index >= 15 is 0 Å². The molecule has 0 spiro atoms. The number of benzene rings is 1. The van der Waals surface area contributed by atoms with Gasteiger partial charge in [-0.25, -0.2) is 28.7 Å². The highest BCUT2D eigenvalue weighted by Crippen LogP contribution is 2.30. The highest BCUT2D eigenvalue weighted by Gasteiger charge is 2.22. The first-order valence-corrected chi connectivity index (χ1v) is 11.9. The van der Waals surface area contributed by atoms with Crippen LogP contribution in [0.1, 0.15) is 25.7 Å². The van der Waals surface area contributed by atoms with E-state index in [4.69, 9.17) is 0 Å². The molecule has 1 fully saturated rings. The van der Waals surface area contributed by atoms with Gasteiger partial charge in [0.1, 0.15) is 22.9 Å². The average molecular weight is 495 g/mol. The summed E-state index contributed by atoms with van der Waals surface area (Å²) >= 11 is 0. The number of halogens is 2. The molecule has 3 aromatic heterocycles. The summed E-state index contributed by atoms with van der Waals surface area (Å²) in [6.07, 6.45) is 2.76. The molecule has 188 valence electrons. The third-order valence-electron chi connectivity index (χ3n) is 6.34. The second-order valence-corrected chi connectivity index (χ2v) is 9.10. The number of nitrogens with zero attached hydrogens (tertiary/aromatic N) is 6. The third-order valence-corrected chi connectivity index (χ3v) is 6.34. The zero-order valence-corrected chi connectivity index (χ0v) is 20.3. The Labute approximate surface area is 207 Å². The predicted octanol–water partition coefficient (Wildman–Crippen LogP) is 3.57. The molecule has 1 aliphatic heterocycles. The molecule has 1 aromatic carbocycles. The van der Waals surface area contributed by atoms with Crippen molar-refractivity contribution < 1.29 is 13.9 Å². The van der Waals surface area contributed by atoms with Crippen LogP contribution in [-0.4, -0.2) is 61.9 Å². The Kier molecular flexibility index (Phi) is 6.50. The van der Waals surface area contributed by atoms with Crippen LogP contribution in [0.15, 0.2) is 36.7 Å². The van der Waals surface area contributed by atoms with Crippen molar-refractivity contribution in [2.24, 2.45) is 0 Å². The van der Waals surface area contributed by atoms with Crippen molar-refractivity contribution in [2.75, 3.05) is 36.5 Å². The lowest BCUT2D eigenvalue weighted by molar-refractivity contribution is 0.246. The van der Waals surface area contributed by atoms with Crippen LogP contribution in [0.4, 0.5) is 26.2 Å². The second-order valence-electron chi connectivity index (χ2n) is 9.10. The second kappa shape index (κ2) is 9.75. The van der Waals surface area contributed by atoms with Crippen molar-refractivity contribution in [3.63, 3.8) is 0 Å². The Balaban J connectivity index is 1.43. The fourth-order valence-corrected chi connectivity index (χ4v) is 4.70.